The van der Waals surface area contributed by atoms with Crippen molar-refractivity contribution >= 4 is 23.0 Å². The number of hydrogen-bond donors (Lipinski definition) is 4. The maximum atomic E-state index is 12.5. The van der Waals surface area contributed by atoms with Crippen LogP contribution < -0.4 is 11.0 Å². The van der Waals surface area contributed by atoms with Crippen LogP contribution in [0, 0.1) is 5.41 Å². The predicted molar refractivity (Wildman–Crippen MR) is 103 cm³/mol. The number of aryl methyl sites for hydroxylation is 1. The van der Waals surface area contributed by atoms with Gasteiger partial charge in [0, 0.05) is 18.5 Å². The van der Waals surface area contributed by atoms with Crippen molar-refractivity contribution in [1.29, 1.82) is 0 Å². The molecule has 5 rings (SSSR count). The van der Waals surface area contributed by atoms with E-state index in [4.69, 9.17) is 10.1 Å². The molecule has 0 atom stereocenters. The number of hydrogen-bond acceptors (Lipinski definition) is 6. The monoisotopic (exact) mass is 389 g/mol. The second kappa shape index (κ2) is 6.88. The highest BCUT2D eigenvalue weighted by atomic mass is 16.4. The Morgan fingerprint density at radius 3 is 2.46 bits per heavy atom. The minimum atomic E-state index is -0.679. The fourth-order valence-corrected chi connectivity index (χ4v) is 4.87. The summed E-state index contributed by atoms with van der Waals surface area (Å²) in [5, 5.41) is 21.8. The molecule has 0 spiro atoms. The van der Waals surface area contributed by atoms with Crippen LogP contribution in [0.2, 0.25) is 0 Å². The van der Waals surface area contributed by atoms with Gasteiger partial charge < -0.3 is 20.5 Å². The maximum Gasteiger partial charge on any atom is 0.351 e. The Labute approximate surface area is 162 Å². The van der Waals surface area contributed by atoms with Crippen LogP contribution in [0.4, 0.5) is 5.82 Å². The van der Waals surface area contributed by atoms with Crippen molar-refractivity contribution in [2.75, 3.05) is 18.5 Å². The maximum absolute atomic E-state index is 12.5. The van der Waals surface area contributed by atoms with Crippen LogP contribution in [0.25, 0.3) is 11.2 Å². The van der Waals surface area contributed by atoms with Crippen LogP contribution in [-0.2, 0) is 16.8 Å². The van der Waals surface area contributed by atoms with E-state index in [2.05, 4.69) is 15.3 Å². The lowest BCUT2D eigenvalue weighted by Crippen LogP contribution is -2.48. The predicted octanol–water partition coefficient (Wildman–Crippen LogP) is 1.61. The summed E-state index contributed by atoms with van der Waals surface area (Å²) in [6.45, 7) is 2.75. The number of carboxylic acids is 1. The van der Waals surface area contributed by atoms with E-state index >= 15 is 0 Å². The van der Waals surface area contributed by atoms with Gasteiger partial charge in [0.2, 0.25) is 0 Å². The van der Waals surface area contributed by atoms with Crippen LogP contribution in [0.3, 0.4) is 0 Å². The molecule has 0 saturated heterocycles. The Balaban J connectivity index is 1.78. The van der Waals surface area contributed by atoms with Crippen molar-refractivity contribution in [3.8, 4) is 0 Å². The van der Waals surface area contributed by atoms with E-state index < -0.39 is 11.4 Å². The Bertz CT molecular complexity index is 939. The number of H-pyrrole nitrogens is 1. The van der Waals surface area contributed by atoms with Crippen LogP contribution in [0.5, 0.6) is 0 Å². The number of aliphatic carboxylic acids is 1. The van der Waals surface area contributed by atoms with Crippen LogP contribution in [-0.4, -0.2) is 48.9 Å². The number of aliphatic hydroxyl groups excluding tert-OH is 1. The first-order valence-corrected chi connectivity index (χ1v) is 10.0. The summed E-state index contributed by atoms with van der Waals surface area (Å²) in [6.07, 6.45) is 5.12. The highest BCUT2D eigenvalue weighted by molar-refractivity contribution is 5.83. The third-order valence-corrected chi connectivity index (χ3v) is 6.67. The third-order valence-electron chi connectivity index (χ3n) is 6.67. The number of rotatable bonds is 7. The number of nitrogens with one attached hydrogen (secondary N) is 2. The van der Waals surface area contributed by atoms with E-state index in [1.807, 2.05) is 6.92 Å². The molecule has 0 unspecified atom stereocenters. The van der Waals surface area contributed by atoms with Gasteiger partial charge >= 0.3 is 11.7 Å². The first kappa shape index (κ1) is 18.9. The van der Waals surface area contributed by atoms with Crippen LogP contribution >= 0.6 is 0 Å². The number of aromatic nitrogens is 4. The molecule has 0 radical (unpaired) electrons. The summed E-state index contributed by atoms with van der Waals surface area (Å²) in [6, 6.07) is 0. The molecule has 152 valence electrons. The number of carbonyl (C=O) groups is 1. The number of anilines is 1. The summed E-state index contributed by atoms with van der Waals surface area (Å²) in [5.74, 6) is 0.551. The molecule has 3 aliphatic carbocycles. The van der Waals surface area contributed by atoms with Gasteiger partial charge in [-0.2, -0.15) is 4.98 Å². The molecule has 9 heteroatoms. The second-order valence-corrected chi connectivity index (χ2v) is 8.19. The molecule has 3 aliphatic rings. The molecule has 4 N–H and O–H groups in total. The minimum absolute atomic E-state index is 0.0661. The van der Waals surface area contributed by atoms with Gasteiger partial charge in [0.25, 0.3) is 0 Å². The van der Waals surface area contributed by atoms with E-state index in [9.17, 15) is 14.7 Å². The van der Waals surface area contributed by atoms with Gasteiger partial charge in [-0.15, -0.1) is 0 Å². The zero-order chi connectivity index (χ0) is 19.9. The molecular formula is C19H27N5O4. The lowest BCUT2D eigenvalue weighted by molar-refractivity contribution is -0.156. The van der Waals surface area contributed by atoms with Crippen molar-refractivity contribution in [2.45, 2.75) is 63.8 Å². The Morgan fingerprint density at radius 1 is 1.21 bits per heavy atom. The Morgan fingerprint density at radius 2 is 1.89 bits per heavy atom. The van der Waals surface area contributed by atoms with Gasteiger partial charge in [0.05, 0.1) is 12.0 Å². The van der Waals surface area contributed by atoms with Gasteiger partial charge in [0.1, 0.15) is 11.3 Å². The van der Waals surface area contributed by atoms with Gasteiger partial charge in [0.15, 0.2) is 11.5 Å². The van der Waals surface area contributed by atoms with E-state index in [1.54, 1.807) is 4.57 Å². The number of carboxylic acid groups (broad SMARTS) is 1. The molecule has 3 fully saturated rings. The molecular weight excluding hydrogens is 362 g/mol. The molecule has 2 heterocycles. The zero-order valence-corrected chi connectivity index (χ0v) is 16.1. The molecule has 2 bridgehead atoms. The lowest BCUT2D eigenvalue weighted by atomic mass is 9.53. The summed E-state index contributed by atoms with van der Waals surface area (Å²) >= 11 is 0. The number of fused-ring (bicyclic) bond motifs is 4. The number of imidazole rings is 1. The third kappa shape index (κ3) is 2.80. The summed E-state index contributed by atoms with van der Waals surface area (Å²) in [7, 11) is 0. The molecule has 2 aromatic heterocycles. The molecule has 2 aromatic rings. The fraction of sp³-hybridized carbons (Fsp3) is 0.684. The molecule has 0 amide bonds. The second-order valence-electron chi connectivity index (χ2n) is 8.19. The number of aromatic amines is 1. The first-order valence-electron chi connectivity index (χ1n) is 10.0. The average molecular weight is 389 g/mol. The molecule has 0 aliphatic heterocycles. The minimum Gasteiger partial charge on any atom is -0.481 e. The van der Waals surface area contributed by atoms with Crippen molar-refractivity contribution in [2.24, 2.45) is 5.41 Å². The zero-order valence-electron chi connectivity index (χ0n) is 16.1. The van der Waals surface area contributed by atoms with E-state index in [1.165, 1.54) is 0 Å². The van der Waals surface area contributed by atoms with E-state index in [0.717, 1.165) is 31.5 Å². The standard InChI is InChI=1S/C19H27N5O4/c1-2-10-24-14-12(13(20-9-11-25)22-17(24)28)21-15(23-14)18-3-6-19(7-4-18,8-5-18)16(26)27/h25H,2-11H2,1H3,(H,21,23)(H,26,27)(H,20,22,28). The molecule has 3 saturated carbocycles. The van der Waals surface area contributed by atoms with Gasteiger partial charge in [-0.3, -0.25) is 9.36 Å². The van der Waals surface area contributed by atoms with Crippen LogP contribution in [0.1, 0.15) is 57.7 Å². The molecule has 0 aromatic carbocycles. The topological polar surface area (TPSA) is 133 Å². The van der Waals surface area contributed by atoms with Crippen molar-refractivity contribution in [1.82, 2.24) is 19.5 Å². The Kier molecular flexibility index (Phi) is 4.65. The quantitative estimate of drug-likeness (QED) is 0.565. The van der Waals surface area contributed by atoms with Crippen molar-refractivity contribution in [3.63, 3.8) is 0 Å². The highest BCUT2D eigenvalue weighted by Crippen LogP contribution is 2.57. The summed E-state index contributed by atoms with van der Waals surface area (Å²) in [5.41, 5.74) is 0.145. The Hall–Kier alpha value is -2.42. The summed E-state index contributed by atoms with van der Waals surface area (Å²) in [4.78, 5) is 36.6. The normalized spacial score (nSPS) is 26.6. The lowest BCUT2D eigenvalue weighted by Gasteiger charge is -2.50. The molecule has 28 heavy (non-hydrogen) atoms. The van der Waals surface area contributed by atoms with Gasteiger partial charge in [-0.05, 0) is 44.9 Å². The van der Waals surface area contributed by atoms with Crippen LogP contribution in [0.15, 0.2) is 4.79 Å². The first-order chi connectivity index (χ1) is 13.4. The largest absolute Gasteiger partial charge is 0.481 e. The SMILES string of the molecule is CCCn1c(=O)nc(NCCO)c2[nH]c(C34CCC(C(=O)O)(CC3)CC4)nc21. The van der Waals surface area contributed by atoms with E-state index in [0.29, 0.717) is 49.3 Å². The highest BCUT2D eigenvalue weighted by Gasteiger charge is 2.54. The van der Waals surface area contributed by atoms with Gasteiger partial charge in [-0.25, -0.2) is 9.78 Å². The number of aliphatic hydroxyl groups is 1. The average Bonchev–Trinajstić information content (AvgIpc) is 3.16. The molecule has 9 nitrogen and oxygen atoms in total. The van der Waals surface area contributed by atoms with Crippen molar-refractivity contribution in [3.05, 3.63) is 16.3 Å². The summed E-state index contributed by atoms with van der Waals surface area (Å²) < 4.78 is 1.59. The number of nitrogens with zero attached hydrogens (tertiary/aromatic N) is 3. The van der Waals surface area contributed by atoms with Crippen molar-refractivity contribution < 1.29 is 15.0 Å². The van der Waals surface area contributed by atoms with Gasteiger partial charge in [-0.1, -0.05) is 6.92 Å². The fourth-order valence-electron chi connectivity index (χ4n) is 4.87. The van der Waals surface area contributed by atoms with E-state index in [-0.39, 0.29) is 17.7 Å². The smallest absolute Gasteiger partial charge is 0.351 e.